The van der Waals surface area contributed by atoms with Crippen LogP contribution in [0.3, 0.4) is 0 Å². The molecule has 4 aromatic rings. The number of carbonyl (C=O) groups excluding carboxylic acids is 2. The monoisotopic (exact) mass is 625 g/mol. The number of ketones is 1. The van der Waals surface area contributed by atoms with Gasteiger partial charge in [0.05, 0.1) is 24.5 Å². The van der Waals surface area contributed by atoms with Crippen LogP contribution in [-0.4, -0.2) is 68.3 Å². The number of ether oxygens (including phenoxy) is 1. The number of sulfonamides is 1. The highest BCUT2D eigenvalue weighted by Gasteiger charge is 2.25. The first-order valence-corrected chi connectivity index (χ1v) is 14.8. The maximum Gasteiger partial charge on any atom is 0.264 e. The van der Waals surface area contributed by atoms with E-state index in [2.05, 4.69) is 14.7 Å². The molecule has 1 aliphatic rings. The zero-order chi connectivity index (χ0) is 31.6. The number of fused-ring (bicyclic) bond motifs is 1. The molecule has 2 aromatic heterocycles. The third-order valence-corrected chi connectivity index (χ3v) is 8.37. The number of methoxy groups -OCH3 is 1. The van der Waals surface area contributed by atoms with Crippen LogP contribution in [0.15, 0.2) is 71.9 Å². The molecule has 0 saturated carbocycles. The van der Waals surface area contributed by atoms with Gasteiger partial charge in [-0.05, 0) is 48.9 Å². The third-order valence-electron chi connectivity index (χ3n) is 6.97. The number of halogens is 3. The minimum absolute atomic E-state index is 0.0976. The van der Waals surface area contributed by atoms with Crippen molar-refractivity contribution in [1.82, 2.24) is 14.9 Å². The molecule has 1 amide bonds. The first-order chi connectivity index (χ1) is 21.0. The maximum absolute atomic E-state index is 15.3. The van der Waals surface area contributed by atoms with E-state index in [9.17, 15) is 26.8 Å². The van der Waals surface area contributed by atoms with Gasteiger partial charge in [0.1, 0.15) is 22.2 Å². The fourth-order valence-corrected chi connectivity index (χ4v) is 5.95. The lowest BCUT2D eigenvalue weighted by Crippen LogP contribution is -2.48. The molecular weight excluding hydrogens is 599 g/mol. The van der Waals surface area contributed by atoms with E-state index < -0.39 is 32.4 Å². The van der Waals surface area contributed by atoms with Gasteiger partial charge >= 0.3 is 0 Å². The number of nitrogens with one attached hydrogen (secondary N) is 1. The summed E-state index contributed by atoms with van der Waals surface area (Å²) in [4.78, 5) is 34.6. The Kier molecular flexibility index (Phi) is 8.54. The highest BCUT2D eigenvalue weighted by molar-refractivity contribution is 7.92. The van der Waals surface area contributed by atoms with Crippen molar-refractivity contribution in [3.63, 3.8) is 0 Å². The molecule has 14 heteroatoms. The molecular formula is C30H26F3N5O5S. The Morgan fingerprint density at radius 2 is 1.66 bits per heavy atom. The smallest absolute Gasteiger partial charge is 0.264 e. The number of hydrogen-bond acceptors (Lipinski definition) is 8. The van der Waals surface area contributed by atoms with Gasteiger partial charge in [-0.25, -0.2) is 26.6 Å². The van der Waals surface area contributed by atoms with E-state index >= 15 is 4.39 Å². The second kappa shape index (κ2) is 12.3. The van der Waals surface area contributed by atoms with Gasteiger partial charge in [0.25, 0.3) is 10.0 Å². The number of nitrogens with zero attached hydrogens (tertiary/aromatic N) is 4. The van der Waals surface area contributed by atoms with E-state index in [0.717, 1.165) is 18.3 Å². The number of benzene rings is 2. The van der Waals surface area contributed by atoms with E-state index in [1.54, 1.807) is 23.1 Å². The van der Waals surface area contributed by atoms with Crippen LogP contribution in [0.25, 0.3) is 22.0 Å². The second-order valence-corrected chi connectivity index (χ2v) is 11.6. The predicted molar refractivity (Wildman–Crippen MR) is 157 cm³/mol. The van der Waals surface area contributed by atoms with Crippen LogP contribution in [0.1, 0.15) is 6.92 Å². The van der Waals surface area contributed by atoms with Crippen LogP contribution in [-0.2, 0) is 19.6 Å². The molecule has 1 saturated heterocycles. The summed E-state index contributed by atoms with van der Waals surface area (Å²) in [5.74, 6) is -3.40. The Labute approximate surface area is 250 Å². The first kappa shape index (κ1) is 30.5. The van der Waals surface area contributed by atoms with Crippen molar-refractivity contribution in [1.29, 1.82) is 0 Å². The van der Waals surface area contributed by atoms with Gasteiger partial charge < -0.3 is 14.5 Å². The van der Waals surface area contributed by atoms with Crippen LogP contribution >= 0.6 is 0 Å². The molecule has 0 aliphatic carbocycles. The predicted octanol–water partition coefficient (Wildman–Crippen LogP) is 4.32. The third kappa shape index (κ3) is 6.34. The molecule has 2 aromatic carbocycles. The zero-order valence-electron chi connectivity index (χ0n) is 23.6. The molecule has 0 unspecified atom stereocenters. The van der Waals surface area contributed by atoms with Crippen molar-refractivity contribution in [3.05, 3.63) is 84.5 Å². The Bertz CT molecular complexity index is 1910. The van der Waals surface area contributed by atoms with E-state index in [-0.39, 0.29) is 28.9 Å². The zero-order valence-corrected chi connectivity index (χ0v) is 24.4. The Balaban J connectivity index is 1.47. The summed E-state index contributed by atoms with van der Waals surface area (Å²) in [5, 5.41) is 0.477. The van der Waals surface area contributed by atoms with Gasteiger partial charge in [-0.15, -0.1) is 0 Å². The molecule has 0 spiro atoms. The first-order valence-electron chi connectivity index (χ1n) is 13.3. The lowest BCUT2D eigenvalue weighted by Gasteiger charge is -2.36. The van der Waals surface area contributed by atoms with Gasteiger partial charge in [0, 0.05) is 55.5 Å². The molecule has 1 N–H and O–H groups in total. The number of piperazine rings is 1. The molecule has 5 rings (SSSR count). The topological polar surface area (TPSA) is 122 Å². The van der Waals surface area contributed by atoms with Crippen molar-refractivity contribution >= 4 is 44.0 Å². The molecule has 3 heterocycles. The molecule has 1 aliphatic heterocycles. The number of hydrogen-bond donors (Lipinski definition) is 1. The number of pyridine rings is 2. The van der Waals surface area contributed by atoms with Gasteiger partial charge in [0.15, 0.2) is 11.6 Å². The fraction of sp³-hybridized carbons (Fsp3) is 0.200. The molecule has 10 nitrogen and oxygen atoms in total. The molecule has 228 valence electrons. The van der Waals surface area contributed by atoms with Crippen molar-refractivity contribution in [2.45, 2.75) is 11.8 Å². The van der Waals surface area contributed by atoms with Gasteiger partial charge in [-0.1, -0.05) is 6.07 Å². The number of amides is 1. The number of anilines is 2. The summed E-state index contributed by atoms with van der Waals surface area (Å²) in [5.41, 5.74) is 1.65. The minimum atomic E-state index is -4.50. The molecule has 0 radical (unpaired) electrons. The van der Waals surface area contributed by atoms with Gasteiger partial charge in [-0.2, -0.15) is 0 Å². The summed E-state index contributed by atoms with van der Waals surface area (Å²) in [6, 6.07) is 8.60. The summed E-state index contributed by atoms with van der Waals surface area (Å²) >= 11 is 0. The van der Waals surface area contributed by atoms with E-state index in [4.69, 9.17) is 4.74 Å². The number of aromatic nitrogens is 2. The van der Waals surface area contributed by atoms with E-state index in [1.165, 1.54) is 38.4 Å². The summed E-state index contributed by atoms with van der Waals surface area (Å²) in [7, 11) is -3.22. The Morgan fingerprint density at radius 3 is 2.34 bits per heavy atom. The molecule has 1 fully saturated rings. The molecule has 0 bridgehead atoms. The highest BCUT2D eigenvalue weighted by Crippen LogP contribution is 2.35. The van der Waals surface area contributed by atoms with Crippen molar-refractivity contribution in [3.8, 4) is 17.0 Å². The van der Waals surface area contributed by atoms with Gasteiger partial charge in [-0.3, -0.25) is 19.3 Å². The number of allylic oxidation sites excluding steroid dienone is 1. The van der Waals surface area contributed by atoms with Crippen LogP contribution < -0.4 is 14.4 Å². The van der Waals surface area contributed by atoms with E-state index in [0.29, 0.717) is 54.3 Å². The van der Waals surface area contributed by atoms with E-state index in [1.807, 2.05) is 4.90 Å². The standard InChI is InChI=1S/C30H26F3N5O5S/c1-18(39)3-8-28(40)37-9-11-38(12-10-37)29-22-13-19(4-6-25(22)34-17-24(29)33)20-14-26(30(43-2)35-16-20)36-44(41,42)27-7-5-21(31)15-23(27)32/h3-8,13-17,36H,9-12H2,1-2H3/b8-3+. The largest absolute Gasteiger partial charge is 0.480 e. The Hall–Kier alpha value is -4.98. The van der Waals surface area contributed by atoms with Crippen LogP contribution in [0.2, 0.25) is 0 Å². The fourth-order valence-electron chi connectivity index (χ4n) is 4.84. The SMILES string of the molecule is COc1ncc(-c2ccc3ncc(F)c(N4CCN(C(=O)/C=C/C(C)=O)CC4)c3c2)cc1NS(=O)(=O)c1ccc(F)cc1F. The van der Waals surface area contributed by atoms with Crippen LogP contribution in [0.4, 0.5) is 24.5 Å². The normalized spacial score (nSPS) is 13.8. The molecule has 44 heavy (non-hydrogen) atoms. The number of carbonyl (C=O) groups is 2. The lowest BCUT2D eigenvalue weighted by molar-refractivity contribution is -0.126. The van der Waals surface area contributed by atoms with Crippen LogP contribution in [0.5, 0.6) is 5.88 Å². The highest BCUT2D eigenvalue weighted by atomic mass is 32.2. The minimum Gasteiger partial charge on any atom is -0.480 e. The average molecular weight is 626 g/mol. The van der Waals surface area contributed by atoms with Crippen LogP contribution in [0, 0.1) is 17.5 Å². The van der Waals surface area contributed by atoms with Crippen molar-refractivity contribution in [2.24, 2.45) is 0 Å². The van der Waals surface area contributed by atoms with Crippen molar-refractivity contribution < 1.29 is 35.9 Å². The van der Waals surface area contributed by atoms with Crippen molar-refractivity contribution in [2.75, 3.05) is 42.9 Å². The Morgan fingerprint density at radius 1 is 0.909 bits per heavy atom. The average Bonchev–Trinajstić information content (AvgIpc) is 2.99. The number of rotatable bonds is 8. The lowest BCUT2D eigenvalue weighted by atomic mass is 10.0. The van der Waals surface area contributed by atoms with Gasteiger partial charge in [0.2, 0.25) is 11.8 Å². The maximum atomic E-state index is 15.3. The second-order valence-electron chi connectivity index (χ2n) is 9.90. The summed E-state index contributed by atoms with van der Waals surface area (Å²) in [6.45, 7) is 2.63. The quantitative estimate of drug-likeness (QED) is 0.288. The summed E-state index contributed by atoms with van der Waals surface area (Å²) in [6.07, 6.45) is 4.99. The molecule has 0 atom stereocenters. The summed E-state index contributed by atoms with van der Waals surface area (Å²) < 4.78 is 76.3.